The van der Waals surface area contributed by atoms with Crippen LogP contribution < -0.4 is 0 Å². The zero-order valence-corrected chi connectivity index (χ0v) is 15.5. The predicted octanol–water partition coefficient (Wildman–Crippen LogP) is 7.29. The Morgan fingerprint density at radius 3 is 2.44 bits per heavy atom. The van der Waals surface area contributed by atoms with Crippen LogP contribution in [-0.2, 0) is 0 Å². The molecule has 0 fully saturated rings. The molecule has 0 spiro atoms. The molecular weight excluding hydrogens is 367 g/mol. The van der Waals surface area contributed by atoms with Crippen LogP contribution in [0, 0.1) is 6.92 Å². The van der Waals surface area contributed by atoms with Crippen LogP contribution in [0.15, 0.2) is 66.0 Å². The van der Waals surface area contributed by atoms with E-state index in [9.17, 15) is 13.2 Å². The van der Waals surface area contributed by atoms with Crippen molar-refractivity contribution >= 4 is 22.2 Å². The number of fused-ring (bicyclic) bond motifs is 1. The van der Waals surface area contributed by atoms with Crippen molar-refractivity contribution in [3.63, 3.8) is 0 Å². The van der Waals surface area contributed by atoms with Gasteiger partial charge in [-0.25, -0.2) is 0 Å². The highest BCUT2D eigenvalue weighted by Crippen LogP contribution is 2.45. The summed E-state index contributed by atoms with van der Waals surface area (Å²) in [5, 5.41) is 2.68. The van der Waals surface area contributed by atoms with E-state index in [1.54, 1.807) is 6.07 Å². The molecule has 4 rings (SSSR count). The fraction of sp³-hybridized carbons (Fsp3) is 0.182. The van der Waals surface area contributed by atoms with Gasteiger partial charge >= 0.3 is 6.18 Å². The number of hydrogen-bond acceptors (Lipinski definition) is 1. The summed E-state index contributed by atoms with van der Waals surface area (Å²) in [6.07, 6.45) is -5.13. The molecule has 0 aliphatic rings. The van der Waals surface area contributed by atoms with Crippen molar-refractivity contribution in [1.29, 1.82) is 0 Å². The maximum Gasteiger partial charge on any atom is 0.390 e. The number of halogens is 3. The molecule has 5 heteroatoms. The van der Waals surface area contributed by atoms with Crippen LogP contribution in [0.3, 0.4) is 0 Å². The third-order valence-corrected chi connectivity index (χ3v) is 5.71. The second-order valence-electron chi connectivity index (χ2n) is 6.72. The van der Waals surface area contributed by atoms with Crippen LogP contribution in [0.4, 0.5) is 13.2 Å². The Hall–Kier alpha value is -2.53. The number of rotatable bonds is 4. The van der Waals surface area contributed by atoms with Crippen molar-refractivity contribution in [3.8, 4) is 11.3 Å². The Bertz CT molecular complexity index is 1050. The van der Waals surface area contributed by atoms with Gasteiger partial charge in [-0.15, -0.1) is 11.3 Å². The number of benzene rings is 2. The van der Waals surface area contributed by atoms with Crippen molar-refractivity contribution in [2.45, 2.75) is 25.4 Å². The molecule has 2 heterocycles. The number of aryl methyl sites for hydroxylation is 1. The van der Waals surface area contributed by atoms with Crippen molar-refractivity contribution in [2.24, 2.45) is 0 Å². The first-order valence-corrected chi connectivity index (χ1v) is 9.58. The molecule has 27 heavy (non-hydrogen) atoms. The average Bonchev–Trinajstić information content (AvgIpc) is 3.27. The molecule has 0 aliphatic carbocycles. The van der Waals surface area contributed by atoms with Crippen LogP contribution in [-0.4, -0.2) is 11.2 Å². The number of H-pyrrole nitrogens is 1. The lowest BCUT2D eigenvalue weighted by Gasteiger charge is -2.19. The van der Waals surface area contributed by atoms with E-state index in [0.29, 0.717) is 0 Å². The molecule has 0 radical (unpaired) electrons. The topological polar surface area (TPSA) is 15.8 Å². The molecule has 0 aliphatic heterocycles. The minimum atomic E-state index is -4.25. The normalized spacial score (nSPS) is 13.2. The van der Waals surface area contributed by atoms with E-state index in [0.717, 1.165) is 38.2 Å². The highest BCUT2D eigenvalue weighted by molar-refractivity contribution is 7.10. The van der Waals surface area contributed by atoms with Gasteiger partial charge in [0.05, 0.1) is 12.1 Å². The third-order valence-electron chi connectivity index (χ3n) is 4.73. The van der Waals surface area contributed by atoms with Gasteiger partial charge in [-0.05, 0) is 41.1 Å². The summed E-state index contributed by atoms with van der Waals surface area (Å²) in [5.74, 6) is -0.739. The monoisotopic (exact) mass is 385 g/mol. The molecule has 1 nitrogen and oxygen atoms in total. The van der Waals surface area contributed by atoms with Gasteiger partial charge in [-0.2, -0.15) is 13.2 Å². The van der Waals surface area contributed by atoms with E-state index in [1.807, 2.05) is 66.9 Å². The predicted molar refractivity (Wildman–Crippen MR) is 105 cm³/mol. The van der Waals surface area contributed by atoms with Crippen LogP contribution in [0.5, 0.6) is 0 Å². The molecule has 138 valence electrons. The van der Waals surface area contributed by atoms with Gasteiger partial charge in [0.15, 0.2) is 0 Å². The largest absolute Gasteiger partial charge is 0.390 e. The van der Waals surface area contributed by atoms with Crippen molar-refractivity contribution in [3.05, 3.63) is 82.0 Å². The number of thiophene rings is 1. The Morgan fingerprint density at radius 2 is 1.78 bits per heavy atom. The number of nitrogens with one attached hydrogen (secondary N) is 1. The maximum atomic E-state index is 13.5. The average molecular weight is 385 g/mol. The van der Waals surface area contributed by atoms with Crippen molar-refractivity contribution in [1.82, 2.24) is 4.98 Å². The molecule has 0 bridgehead atoms. The van der Waals surface area contributed by atoms with E-state index in [4.69, 9.17) is 0 Å². The molecule has 2 aromatic carbocycles. The van der Waals surface area contributed by atoms with Gasteiger partial charge in [0, 0.05) is 21.7 Å². The summed E-state index contributed by atoms with van der Waals surface area (Å²) in [4.78, 5) is 4.11. The van der Waals surface area contributed by atoms with Gasteiger partial charge in [0.1, 0.15) is 0 Å². The first-order valence-electron chi connectivity index (χ1n) is 8.70. The summed E-state index contributed by atoms with van der Waals surface area (Å²) >= 11 is 1.37. The molecule has 2 aromatic heterocycles. The number of aromatic nitrogens is 1. The Morgan fingerprint density at radius 1 is 1.00 bits per heavy atom. The van der Waals surface area contributed by atoms with Crippen LogP contribution in [0.25, 0.3) is 22.2 Å². The quantitative estimate of drug-likeness (QED) is 0.380. The molecule has 0 saturated carbocycles. The maximum absolute atomic E-state index is 13.5. The number of hydrogen-bond donors (Lipinski definition) is 1. The van der Waals surface area contributed by atoms with Gasteiger partial charge in [0.25, 0.3) is 0 Å². The van der Waals surface area contributed by atoms with Crippen molar-refractivity contribution in [2.75, 3.05) is 0 Å². The molecule has 4 aromatic rings. The summed E-state index contributed by atoms with van der Waals surface area (Å²) in [6.45, 7) is 1.98. The van der Waals surface area contributed by atoms with Gasteiger partial charge in [0.2, 0.25) is 0 Å². The van der Waals surface area contributed by atoms with E-state index < -0.39 is 18.5 Å². The number of aromatic amines is 1. The summed E-state index contributed by atoms with van der Waals surface area (Å²) in [5.41, 5.74) is 4.31. The second kappa shape index (κ2) is 6.89. The second-order valence-corrected chi connectivity index (χ2v) is 7.70. The standard InChI is InChI=1S/C22H18F3NS/c1-14-9-10-16-18(12-14)26-21(15-6-3-2-4-7-15)20(16)17(13-22(23,24)25)19-8-5-11-27-19/h2-12,17,26H,13H2,1H3/t17-/m1/s1. The molecule has 0 saturated heterocycles. The van der Waals surface area contributed by atoms with E-state index in [1.165, 1.54) is 11.3 Å². The fourth-order valence-corrected chi connectivity index (χ4v) is 4.43. The summed E-state index contributed by atoms with van der Waals surface area (Å²) < 4.78 is 40.4. The molecule has 0 unspecified atom stereocenters. The van der Waals surface area contributed by atoms with Gasteiger partial charge in [-0.1, -0.05) is 48.5 Å². The van der Waals surface area contributed by atoms with Gasteiger partial charge in [-0.3, -0.25) is 0 Å². The first-order chi connectivity index (χ1) is 12.9. The zero-order valence-electron chi connectivity index (χ0n) is 14.7. The first kappa shape index (κ1) is 17.9. The Balaban J connectivity index is 2.00. The minimum Gasteiger partial charge on any atom is -0.354 e. The summed E-state index contributed by atoms with van der Waals surface area (Å²) in [6, 6.07) is 19.0. The van der Waals surface area contributed by atoms with Crippen LogP contribution in [0.2, 0.25) is 0 Å². The lowest BCUT2D eigenvalue weighted by molar-refractivity contribution is -0.136. The molecule has 0 amide bonds. The van der Waals surface area contributed by atoms with E-state index in [-0.39, 0.29) is 0 Å². The van der Waals surface area contributed by atoms with E-state index >= 15 is 0 Å². The van der Waals surface area contributed by atoms with E-state index in [2.05, 4.69) is 4.98 Å². The van der Waals surface area contributed by atoms with Crippen LogP contribution in [0.1, 0.15) is 28.3 Å². The highest BCUT2D eigenvalue weighted by atomic mass is 32.1. The summed E-state index contributed by atoms with van der Waals surface area (Å²) in [7, 11) is 0. The lowest BCUT2D eigenvalue weighted by Crippen LogP contribution is -2.14. The molecular formula is C22H18F3NS. The molecule has 1 atom stereocenters. The van der Waals surface area contributed by atoms with Crippen molar-refractivity contribution < 1.29 is 13.2 Å². The fourth-order valence-electron chi connectivity index (χ4n) is 3.59. The Labute approximate surface area is 159 Å². The zero-order chi connectivity index (χ0) is 19.0. The smallest absolute Gasteiger partial charge is 0.354 e. The van der Waals surface area contributed by atoms with Crippen LogP contribution >= 0.6 is 11.3 Å². The Kier molecular flexibility index (Phi) is 4.56. The van der Waals surface area contributed by atoms with Gasteiger partial charge < -0.3 is 4.98 Å². The highest BCUT2D eigenvalue weighted by Gasteiger charge is 2.36. The molecule has 1 N–H and O–H groups in total. The minimum absolute atomic E-state index is 0.718. The SMILES string of the molecule is Cc1ccc2c([C@H](CC(F)(F)F)c3cccs3)c(-c3ccccc3)[nH]c2c1. The third kappa shape index (κ3) is 3.65. The lowest BCUT2D eigenvalue weighted by atomic mass is 9.89. The number of alkyl halides is 3.